The second-order valence-electron chi connectivity index (χ2n) is 6.49. The number of pyridine rings is 1. The molecule has 0 saturated heterocycles. The van der Waals surface area contributed by atoms with Crippen molar-refractivity contribution in [1.82, 2.24) is 24.3 Å². The Kier molecular flexibility index (Phi) is 5.33. The number of alkyl halides is 3. The molecule has 4 rings (SSSR count). The van der Waals surface area contributed by atoms with Gasteiger partial charge in [-0.15, -0.1) is 13.2 Å². The topological polar surface area (TPSA) is 57.8 Å². The van der Waals surface area contributed by atoms with Gasteiger partial charge in [0.2, 0.25) is 0 Å². The lowest BCUT2D eigenvalue weighted by Gasteiger charge is -2.09. The highest BCUT2D eigenvalue weighted by Crippen LogP contribution is 2.25. The minimum absolute atomic E-state index is 0.276. The van der Waals surface area contributed by atoms with E-state index in [1.165, 1.54) is 24.3 Å². The maximum absolute atomic E-state index is 12.3. The minimum Gasteiger partial charge on any atom is -0.406 e. The van der Waals surface area contributed by atoms with E-state index in [0.29, 0.717) is 23.6 Å². The standard InChI is InChI=1S/C20H15BrF3N5O/c1-13-9-17(27-29(13)10-14-3-2-4-19(21)26-14)18-11-28(12-25-18)15-5-7-16(8-6-15)30-20(22,23)24/h2-9,11-12H,10H2,1H3. The van der Waals surface area contributed by atoms with Gasteiger partial charge < -0.3 is 9.30 Å². The fraction of sp³-hybridized carbons (Fsp3) is 0.150. The van der Waals surface area contributed by atoms with E-state index in [2.05, 4.69) is 35.7 Å². The first-order chi connectivity index (χ1) is 14.3. The van der Waals surface area contributed by atoms with E-state index in [1.807, 2.05) is 35.9 Å². The number of aromatic nitrogens is 5. The largest absolute Gasteiger partial charge is 0.573 e. The molecule has 0 unspecified atom stereocenters. The molecular weight excluding hydrogens is 463 g/mol. The van der Waals surface area contributed by atoms with Crippen molar-refractivity contribution in [3.63, 3.8) is 0 Å². The van der Waals surface area contributed by atoms with Crippen LogP contribution in [0.15, 0.2) is 65.7 Å². The molecule has 1 aromatic carbocycles. The van der Waals surface area contributed by atoms with Crippen LogP contribution >= 0.6 is 15.9 Å². The summed E-state index contributed by atoms with van der Waals surface area (Å²) in [7, 11) is 0. The van der Waals surface area contributed by atoms with E-state index in [1.54, 1.807) is 17.1 Å². The zero-order valence-corrected chi connectivity index (χ0v) is 17.2. The summed E-state index contributed by atoms with van der Waals surface area (Å²) in [4.78, 5) is 8.79. The van der Waals surface area contributed by atoms with Gasteiger partial charge >= 0.3 is 6.36 Å². The lowest BCUT2D eigenvalue weighted by atomic mass is 10.3. The summed E-state index contributed by atoms with van der Waals surface area (Å²) in [5.74, 6) is -0.276. The molecule has 154 valence electrons. The summed E-state index contributed by atoms with van der Waals surface area (Å²) in [6.45, 7) is 2.47. The van der Waals surface area contributed by atoms with Crippen LogP contribution in [0.4, 0.5) is 13.2 Å². The highest BCUT2D eigenvalue weighted by Gasteiger charge is 2.31. The number of ether oxygens (including phenoxy) is 1. The SMILES string of the molecule is Cc1cc(-c2cn(-c3ccc(OC(F)(F)F)cc3)cn2)nn1Cc1cccc(Br)n1. The van der Waals surface area contributed by atoms with Gasteiger partial charge in [-0.1, -0.05) is 6.07 Å². The van der Waals surface area contributed by atoms with Crippen molar-refractivity contribution in [2.75, 3.05) is 0 Å². The van der Waals surface area contributed by atoms with Gasteiger partial charge in [-0.2, -0.15) is 5.10 Å². The summed E-state index contributed by atoms with van der Waals surface area (Å²) in [6, 6.07) is 13.2. The Morgan fingerprint density at radius 3 is 2.53 bits per heavy atom. The summed E-state index contributed by atoms with van der Waals surface area (Å²) in [6.07, 6.45) is -1.37. The normalized spacial score (nSPS) is 11.6. The lowest BCUT2D eigenvalue weighted by Crippen LogP contribution is -2.17. The number of hydrogen-bond acceptors (Lipinski definition) is 4. The van der Waals surface area contributed by atoms with Crippen LogP contribution in [0.3, 0.4) is 0 Å². The third kappa shape index (κ3) is 4.70. The molecule has 0 aliphatic rings. The minimum atomic E-state index is -4.72. The first kappa shape index (κ1) is 20.1. The fourth-order valence-corrected chi connectivity index (χ4v) is 3.28. The average Bonchev–Trinajstić information content (AvgIpc) is 3.29. The van der Waals surface area contributed by atoms with Crippen molar-refractivity contribution in [3.05, 3.63) is 77.0 Å². The van der Waals surface area contributed by atoms with Crippen molar-refractivity contribution in [2.45, 2.75) is 19.8 Å². The van der Waals surface area contributed by atoms with Crippen molar-refractivity contribution >= 4 is 15.9 Å². The summed E-state index contributed by atoms with van der Waals surface area (Å²) >= 11 is 3.36. The third-order valence-electron chi connectivity index (χ3n) is 4.28. The lowest BCUT2D eigenvalue weighted by molar-refractivity contribution is -0.274. The van der Waals surface area contributed by atoms with Crippen LogP contribution in [-0.2, 0) is 6.54 Å². The Morgan fingerprint density at radius 2 is 1.83 bits per heavy atom. The number of imidazole rings is 1. The molecule has 0 N–H and O–H groups in total. The Labute approximate surface area is 178 Å². The fourth-order valence-electron chi connectivity index (χ4n) is 2.90. The van der Waals surface area contributed by atoms with Gasteiger partial charge in [0.1, 0.15) is 21.7 Å². The number of hydrogen-bond donors (Lipinski definition) is 0. The van der Waals surface area contributed by atoms with Gasteiger partial charge in [-0.05, 0) is 65.3 Å². The second-order valence-corrected chi connectivity index (χ2v) is 7.30. The van der Waals surface area contributed by atoms with E-state index in [9.17, 15) is 13.2 Å². The molecule has 4 aromatic rings. The van der Waals surface area contributed by atoms with E-state index in [4.69, 9.17) is 0 Å². The molecule has 0 fully saturated rings. The molecule has 10 heteroatoms. The van der Waals surface area contributed by atoms with Gasteiger partial charge in [-0.3, -0.25) is 4.68 Å². The predicted octanol–water partition coefficient (Wildman–Crippen LogP) is 5.15. The van der Waals surface area contributed by atoms with Gasteiger partial charge in [0, 0.05) is 17.6 Å². The van der Waals surface area contributed by atoms with Crippen molar-refractivity contribution in [2.24, 2.45) is 0 Å². The molecule has 3 heterocycles. The van der Waals surface area contributed by atoms with Crippen LogP contribution < -0.4 is 4.74 Å². The van der Waals surface area contributed by atoms with Gasteiger partial charge in [0.15, 0.2) is 0 Å². The Hall–Kier alpha value is -3.14. The monoisotopic (exact) mass is 477 g/mol. The molecule has 0 aliphatic carbocycles. The second kappa shape index (κ2) is 7.94. The average molecular weight is 478 g/mol. The zero-order valence-electron chi connectivity index (χ0n) is 15.6. The van der Waals surface area contributed by atoms with Crippen LogP contribution in [0.5, 0.6) is 5.75 Å². The quantitative estimate of drug-likeness (QED) is 0.373. The van der Waals surface area contributed by atoms with Crippen LogP contribution in [-0.4, -0.2) is 30.7 Å². The molecule has 0 aliphatic heterocycles. The molecule has 6 nitrogen and oxygen atoms in total. The number of benzene rings is 1. The molecule has 3 aromatic heterocycles. The van der Waals surface area contributed by atoms with Gasteiger partial charge in [0.05, 0.1) is 18.6 Å². The highest BCUT2D eigenvalue weighted by atomic mass is 79.9. The van der Waals surface area contributed by atoms with E-state index >= 15 is 0 Å². The van der Waals surface area contributed by atoms with Gasteiger partial charge in [0.25, 0.3) is 0 Å². The number of aryl methyl sites for hydroxylation is 1. The maximum atomic E-state index is 12.3. The van der Waals surface area contributed by atoms with Crippen molar-refractivity contribution < 1.29 is 17.9 Å². The molecule has 0 atom stereocenters. The maximum Gasteiger partial charge on any atom is 0.573 e. The van der Waals surface area contributed by atoms with Crippen LogP contribution in [0.1, 0.15) is 11.4 Å². The first-order valence-electron chi connectivity index (χ1n) is 8.83. The molecular formula is C20H15BrF3N5O. The summed E-state index contributed by atoms with van der Waals surface area (Å²) in [5, 5.41) is 4.61. The van der Waals surface area contributed by atoms with Crippen molar-refractivity contribution in [1.29, 1.82) is 0 Å². The summed E-state index contributed by atoms with van der Waals surface area (Å²) < 4.78 is 45.1. The number of nitrogens with zero attached hydrogens (tertiary/aromatic N) is 5. The third-order valence-corrected chi connectivity index (χ3v) is 4.72. The zero-order chi connectivity index (χ0) is 21.3. The van der Waals surface area contributed by atoms with Gasteiger partial charge in [-0.25, -0.2) is 9.97 Å². The number of rotatable bonds is 5. The van der Waals surface area contributed by atoms with Crippen LogP contribution in [0, 0.1) is 6.92 Å². The Morgan fingerprint density at radius 1 is 1.07 bits per heavy atom. The molecule has 0 bridgehead atoms. The molecule has 0 spiro atoms. The van der Waals surface area contributed by atoms with Crippen molar-refractivity contribution in [3.8, 4) is 22.8 Å². The molecule has 0 amide bonds. The van der Waals surface area contributed by atoms with E-state index < -0.39 is 6.36 Å². The number of halogens is 4. The van der Waals surface area contributed by atoms with E-state index in [0.717, 1.165) is 16.0 Å². The van der Waals surface area contributed by atoms with E-state index in [-0.39, 0.29) is 5.75 Å². The smallest absolute Gasteiger partial charge is 0.406 e. The molecule has 30 heavy (non-hydrogen) atoms. The highest BCUT2D eigenvalue weighted by molar-refractivity contribution is 9.10. The first-order valence-corrected chi connectivity index (χ1v) is 9.62. The molecule has 0 radical (unpaired) electrons. The van der Waals surface area contributed by atoms with Crippen LogP contribution in [0.25, 0.3) is 17.1 Å². The summed E-state index contributed by atoms with van der Waals surface area (Å²) in [5.41, 5.74) is 3.81. The molecule has 0 saturated carbocycles. The predicted molar refractivity (Wildman–Crippen MR) is 107 cm³/mol. The Balaban J connectivity index is 1.53. The Bertz CT molecular complexity index is 1170. The van der Waals surface area contributed by atoms with Crippen LogP contribution in [0.2, 0.25) is 0 Å².